The van der Waals surface area contributed by atoms with Crippen molar-refractivity contribution in [2.24, 2.45) is 5.92 Å². The smallest absolute Gasteiger partial charge is 0.232 e. The average Bonchev–Trinajstić information content (AvgIpc) is 2.67. The average molecular weight is 402 g/mol. The lowest BCUT2D eigenvalue weighted by atomic mass is 10.0. The normalized spacial score (nSPS) is 16.6. The zero-order chi connectivity index (χ0) is 19.1. The highest BCUT2D eigenvalue weighted by atomic mass is 32.2. The summed E-state index contributed by atoms with van der Waals surface area (Å²) in [4.78, 5) is 20.1. The molecule has 1 aliphatic heterocycles. The van der Waals surface area contributed by atoms with Crippen molar-refractivity contribution in [1.29, 1.82) is 0 Å². The first kappa shape index (κ1) is 19.5. The molecule has 1 fully saturated rings. The van der Waals surface area contributed by atoms with Crippen LogP contribution in [0.1, 0.15) is 19.8 Å². The molecule has 1 saturated heterocycles. The topological polar surface area (TPSA) is 78.9 Å². The van der Waals surface area contributed by atoms with Gasteiger partial charge >= 0.3 is 0 Å². The first-order chi connectivity index (χ1) is 13.1. The van der Waals surface area contributed by atoms with Crippen molar-refractivity contribution in [2.75, 3.05) is 29.9 Å². The maximum Gasteiger partial charge on any atom is 0.232 e. The number of nitrogens with zero attached hydrogens (tertiary/aromatic N) is 5. The van der Waals surface area contributed by atoms with Gasteiger partial charge in [-0.1, -0.05) is 13.0 Å². The number of hydrogen-bond donors (Lipinski definition) is 2. The van der Waals surface area contributed by atoms with Gasteiger partial charge in [0.15, 0.2) is 10.3 Å². The van der Waals surface area contributed by atoms with Gasteiger partial charge in [-0.25, -0.2) is 15.0 Å². The molecule has 2 aromatic heterocycles. The van der Waals surface area contributed by atoms with Crippen molar-refractivity contribution in [3.63, 3.8) is 0 Å². The minimum atomic E-state index is 0.464. The zero-order valence-electron chi connectivity index (χ0n) is 15.3. The number of thiocarbonyl (C=S) groups is 1. The molecule has 0 unspecified atom stereocenters. The van der Waals surface area contributed by atoms with E-state index in [2.05, 4.69) is 49.0 Å². The Morgan fingerprint density at radius 1 is 1.41 bits per heavy atom. The van der Waals surface area contributed by atoms with Crippen LogP contribution in [0.25, 0.3) is 0 Å². The number of hydrogen-bond acceptors (Lipinski definition) is 7. The molecule has 0 aromatic carbocycles. The second-order valence-electron chi connectivity index (χ2n) is 6.34. The maximum atomic E-state index is 5.30. The van der Waals surface area contributed by atoms with Crippen molar-refractivity contribution < 1.29 is 0 Å². The first-order valence-corrected chi connectivity index (χ1v) is 10.1. The molecular weight excluding hydrogens is 378 g/mol. The summed E-state index contributed by atoms with van der Waals surface area (Å²) < 4.78 is 0. The highest BCUT2D eigenvalue weighted by Gasteiger charge is 2.19. The molecule has 1 aliphatic rings. The molecule has 2 N–H and O–H groups in total. The summed E-state index contributed by atoms with van der Waals surface area (Å²) in [5.41, 5.74) is 0. The minimum absolute atomic E-state index is 0.464. The van der Waals surface area contributed by atoms with E-state index in [4.69, 9.17) is 12.2 Å². The standard InChI is InChI=1S/C18H23N7S2/c1-3-7-19-17(26)24-16-22-14(25-10-4-6-13(2)12-25)11-15(23-16)27-18-20-8-5-9-21-18/h3,5,8-9,11,13H,1,4,6-7,10,12H2,2H3,(H2,19,22,23,24,26)/t13-/m1/s1. The van der Waals surface area contributed by atoms with Crippen molar-refractivity contribution >= 4 is 40.9 Å². The number of rotatable bonds is 6. The van der Waals surface area contributed by atoms with Crippen LogP contribution in [0.2, 0.25) is 0 Å². The Balaban J connectivity index is 1.84. The minimum Gasteiger partial charge on any atom is -0.359 e. The molecule has 0 spiro atoms. The SMILES string of the molecule is C=CCNC(=S)Nc1nc(Sc2ncccn2)cc(N2CCC[C@@H](C)C2)n1. The Morgan fingerprint density at radius 2 is 2.22 bits per heavy atom. The predicted octanol–water partition coefficient (Wildman–Crippen LogP) is 3.13. The largest absolute Gasteiger partial charge is 0.359 e. The van der Waals surface area contributed by atoms with Gasteiger partial charge in [0.2, 0.25) is 5.95 Å². The highest BCUT2D eigenvalue weighted by Crippen LogP contribution is 2.28. The Morgan fingerprint density at radius 3 is 2.96 bits per heavy atom. The molecule has 0 aliphatic carbocycles. The molecule has 3 heterocycles. The molecule has 1 atom stereocenters. The van der Waals surface area contributed by atoms with E-state index in [9.17, 15) is 0 Å². The monoisotopic (exact) mass is 401 g/mol. The summed E-state index contributed by atoms with van der Waals surface area (Å²) in [6.07, 6.45) is 7.60. The van der Waals surface area contributed by atoms with Gasteiger partial charge in [0, 0.05) is 38.1 Å². The van der Waals surface area contributed by atoms with E-state index in [1.165, 1.54) is 18.2 Å². The third-order valence-electron chi connectivity index (χ3n) is 4.04. The van der Waals surface area contributed by atoms with E-state index in [1.54, 1.807) is 24.5 Å². The summed E-state index contributed by atoms with van der Waals surface area (Å²) in [6.45, 7) is 8.51. The van der Waals surface area contributed by atoms with Gasteiger partial charge in [-0.15, -0.1) is 6.58 Å². The lowest BCUT2D eigenvalue weighted by Gasteiger charge is -2.32. The van der Waals surface area contributed by atoms with Crippen LogP contribution in [0.5, 0.6) is 0 Å². The van der Waals surface area contributed by atoms with Crippen LogP contribution in [0, 0.1) is 5.92 Å². The van der Waals surface area contributed by atoms with Gasteiger partial charge in [-0.05, 0) is 48.8 Å². The van der Waals surface area contributed by atoms with Gasteiger partial charge < -0.3 is 15.5 Å². The third-order valence-corrected chi connectivity index (χ3v) is 5.10. The molecule has 2 aromatic rings. The van der Waals surface area contributed by atoms with Gasteiger partial charge in [0.1, 0.15) is 10.8 Å². The van der Waals surface area contributed by atoms with E-state index < -0.39 is 0 Å². The molecule has 3 rings (SSSR count). The van der Waals surface area contributed by atoms with Crippen LogP contribution >= 0.6 is 24.0 Å². The Hall–Kier alpha value is -2.26. The fraction of sp³-hybridized carbons (Fsp3) is 0.389. The Labute approximate surface area is 169 Å². The number of aromatic nitrogens is 4. The number of anilines is 2. The van der Waals surface area contributed by atoms with Gasteiger partial charge in [0.05, 0.1) is 0 Å². The zero-order valence-corrected chi connectivity index (χ0v) is 16.9. The summed E-state index contributed by atoms with van der Waals surface area (Å²) in [6, 6.07) is 3.78. The van der Waals surface area contributed by atoms with Crippen molar-refractivity contribution in [2.45, 2.75) is 29.9 Å². The molecule has 7 nitrogen and oxygen atoms in total. The van der Waals surface area contributed by atoms with Gasteiger partial charge in [0.25, 0.3) is 0 Å². The van der Waals surface area contributed by atoms with Crippen LogP contribution in [0.3, 0.4) is 0 Å². The Bertz CT molecular complexity index is 785. The molecule has 0 saturated carbocycles. The van der Waals surface area contributed by atoms with E-state index in [0.29, 0.717) is 28.7 Å². The molecule has 27 heavy (non-hydrogen) atoms. The second kappa shape index (κ2) is 9.61. The fourth-order valence-electron chi connectivity index (χ4n) is 2.82. The summed E-state index contributed by atoms with van der Waals surface area (Å²) >= 11 is 6.70. The Kier molecular flexibility index (Phi) is 6.94. The second-order valence-corrected chi connectivity index (χ2v) is 7.73. The molecule has 0 radical (unpaired) electrons. The van der Waals surface area contributed by atoms with Crippen LogP contribution in [0.4, 0.5) is 11.8 Å². The van der Waals surface area contributed by atoms with Crippen LogP contribution in [-0.2, 0) is 0 Å². The predicted molar refractivity (Wildman–Crippen MR) is 113 cm³/mol. The van der Waals surface area contributed by atoms with E-state index >= 15 is 0 Å². The quantitative estimate of drug-likeness (QED) is 0.328. The van der Waals surface area contributed by atoms with Crippen LogP contribution in [-0.4, -0.2) is 44.7 Å². The number of piperidine rings is 1. The third kappa shape index (κ3) is 5.86. The van der Waals surface area contributed by atoms with E-state index in [1.807, 2.05) is 6.07 Å². The molecule has 0 bridgehead atoms. The van der Waals surface area contributed by atoms with Crippen molar-refractivity contribution in [3.05, 3.63) is 37.2 Å². The summed E-state index contributed by atoms with van der Waals surface area (Å²) in [5, 5.41) is 7.98. The molecular formula is C18H23N7S2. The maximum absolute atomic E-state index is 5.30. The molecule has 0 amide bonds. The fourth-order valence-corrected chi connectivity index (χ4v) is 3.71. The van der Waals surface area contributed by atoms with E-state index in [-0.39, 0.29) is 0 Å². The van der Waals surface area contributed by atoms with Crippen molar-refractivity contribution in [1.82, 2.24) is 25.3 Å². The summed E-state index contributed by atoms with van der Waals surface area (Å²) in [7, 11) is 0. The lowest BCUT2D eigenvalue weighted by molar-refractivity contribution is 0.444. The van der Waals surface area contributed by atoms with Crippen molar-refractivity contribution in [3.8, 4) is 0 Å². The summed E-state index contributed by atoms with van der Waals surface area (Å²) in [5.74, 6) is 2.00. The number of nitrogens with one attached hydrogen (secondary N) is 2. The van der Waals surface area contributed by atoms with Gasteiger partial charge in [-0.3, -0.25) is 0 Å². The lowest BCUT2D eigenvalue weighted by Crippen LogP contribution is -2.35. The van der Waals surface area contributed by atoms with E-state index in [0.717, 1.165) is 30.4 Å². The first-order valence-electron chi connectivity index (χ1n) is 8.88. The van der Waals surface area contributed by atoms with Crippen LogP contribution in [0.15, 0.2) is 47.4 Å². The molecule has 9 heteroatoms. The van der Waals surface area contributed by atoms with Gasteiger partial charge in [-0.2, -0.15) is 4.98 Å². The van der Waals surface area contributed by atoms with Crippen LogP contribution < -0.4 is 15.5 Å². The highest BCUT2D eigenvalue weighted by molar-refractivity contribution is 7.99. The molecule has 142 valence electrons.